The molecule has 1 atom stereocenters. The minimum Gasteiger partial charge on any atom is -0.480 e. The van der Waals surface area contributed by atoms with Gasteiger partial charge in [0.05, 0.1) is 0 Å². The van der Waals surface area contributed by atoms with Gasteiger partial charge in [0.1, 0.15) is 12.6 Å². The van der Waals surface area contributed by atoms with E-state index in [1.54, 1.807) is 0 Å². The number of nitrogens with zero attached hydrogens (tertiary/aromatic N) is 1. The first-order valence-corrected chi connectivity index (χ1v) is 6.04. The summed E-state index contributed by atoms with van der Waals surface area (Å²) in [6.07, 6.45) is 2.34. The third-order valence-electron chi connectivity index (χ3n) is 2.30. The van der Waals surface area contributed by atoms with E-state index in [4.69, 9.17) is 5.11 Å². The molecule has 0 spiro atoms. The Morgan fingerprint density at radius 2 is 2.05 bits per heavy atom. The van der Waals surface area contributed by atoms with Crippen LogP contribution in [-0.2, 0) is 9.59 Å². The number of urea groups is 1. The Balaban J connectivity index is 4.28. The average molecular weight is 271 g/mol. The first-order chi connectivity index (χ1) is 8.92. The van der Waals surface area contributed by atoms with Gasteiger partial charge >= 0.3 is 12.0 Å². The minimum atomic E-state index is -1.14. The predicted octanol–water partition coefficient (Wildman–Crippen LogP) is 0.183. The molecule has 0 aromatic rings. The van der Waals surface area contributed by atoms with E-state index in [1.807, 2.05) is 6.92 Å². The van der Waals surface area contributed by atoms with Gasteiger partial charge in [0, 0.05) is 13.6 Å². The molecule has 1 unspecified atom stereocenters. The average Bonchev–Trinajstić information content (AvgIpc) is 2.35. The van der Waals surface area contributed by atoms with Crippen molar-refractivity contribution >= 4 is 17.9 Å². The van der Waals surface area contributed by atoms with Crippen LogP contribution in [0.2, 0.25) is 0 Å². The van der Waals surface area contributed by atoms with Crippen LogP contribution in [0.1, 0.15) is 19.8 Å². The predicted molar refractivity (Wildman–Crippen MR) is 70.7 cm³/mol. The number of rotatable bonds is 8. The van der Waals surface area contributed by atoms with E-state index in [-0.39, 0.29) is 18.9 Å². The normalized spacial score (nSPS) is 11.3. The molecule has 0 bridgehead atoms. The lowest BCUT2D eigenvalue weighted by Gasteiger charge is -2.20. The largest absolute Gasteiger partial charge is 0.480 e. The van der Waals surface area contributed by atoms with Crippen LogP contribution in [0.25, 0.3) is 0 Å². The number of aliphatic carboxylic acids is 1. The molecule has 7 nitrogen and oxygen atoms in total. The molecule has 0 heterocycles. The number of hydrogen-bond acceptors (Lipinski definition) is 3. The Morgan fingerprint density at radius 1 is 1.42 bits per heavy atom. The lowest BCUT2D eigenvalue weighted by molar-refractivity contribution is -0.139. The highest BCUT2D eigenvalue weighted by Gasteiger charge is 2.21. The maximum absolute atomic E-state index is 11.7. The second-order valence-electron chi connectivity index (χ2n) is 4.07. The van der Waals surface area contributed by atoms with E-state index in [2.05, 4.69) is 17.2 Å². The van der Waals surface area contributed by atoms with Crippen molar-refractivity contribution in [1.29, 1.82) is 0 Å². The molecule has 0 saturated heterocycles. The van der Waals surface area contributed by atoms with E-state index >= 15 is 0 Å². The minimum absolute atomic E-state index is 0.119. The number of hydrogen-bond donors (Lipinski definition) is 3. The Hall–Kier alpha value is -2.05. The van der Waals surface area contributed by atoms with Crippen molar-refractivity contribution in [3.05, 3.63) is 12.7 Å². The van der Waals surface area contributed by atoms with Crippen molar-refractivity contribution in [1.82, 2.24) is 15.5 Å². The van der Waals surface area contributed by atoms with Gasteiger partial charge in [0.25, 0.3) is 0 Å². The van der Waals surface area contributed by atoms with Crippen LogP contribution in [0.4, 0.5) is 4.79 Å². The van der Waals surface area contributed by atoms with Gasteiger partial charge in [-0.3, -0.25) is 4.79 Å². The molecule has 0 aliphatic heterocycles. The van der Waals surface area contributed by atoms with Crippen LogP contribution in [0, 0.1) is 0 Å². The molecule has 108 valence electrons. The van der Waals surface area contributed by atoms with Crippen molar-refractivity contribution in [2.75, 3.05) is 20.1 Å². The van der Waals surface area contributed by atoms with Crippen LogP contribution in [0.15, 0.2) is 12.7 Å². The van der Waals surface area contributed by atoms with E-state index in [1.165, 1.54) is 13.1 Å². The summed E-state index contributed by atoms with van der Waals surface area (Å²) in [7, 11) is 1.42. The molecule has 0 radical (unpaired) electrons. The van der Waals surface area contributed by atoms with E-state index in [0.29, 0.717) is 6.54 Å². The SMILES string of the molecule is C=CCC(NC(=O)N(C)CC(=O)NCCC)C(=O)O. The molecular weight excluding hydrogens is 250 g/mol. The van der Waals surface area contributed by atoms with Crippen molar-refractivity contribution in [3.8, 4) is 0 Å². The molecule has 19 heavy (non-hydrogen) atoms. The lowest BCUT2D eigenvalue weighted by atomic mass is 10.2. The van der Waals surface area contributed by atoms with Gasteiger partial charge in [-0.25, -0.2) is 9.59 Å². The zero-order chi connectivity index (χ0) is 14.8. The topological polar surface area (TPSA) is 98.7 Å². The second-order valence-corrected chi connectivity index (χ2v) is 4.07. The highest BCUT2D eigenvalue weighted by atomic mass is 16.4. The molecule has 0 saturated carbocycles. The summed E-state index contributed by atoms with van der Waals surface area (Å²) in [4.78, 5) is 35.1. The van der Waals surface area contributed by atoms with Gasteiger partial charge < -0.3 is 20.6 Å². The Bertz CT molecular complexity index is 344. The first kappa shape index (κ1) is 16.9. The lowest BCUT2D eigenvalue weighted by Crippen LogP contribution is -2.49. The third-order valence-corrected chi connectivity index (χ3v) is 2.30. The Kier molecular flexibility index (Phi) is 7.99. The number of carbonyl (C=O) groups is 3. The number of carboxylic acids is 1. The quantitative estimate of drug-likeness (QED) is 0.548. The molecular formula is C12H21N3O4. The molecule has 0 aliphatic carbocycles. The molecule has 0 rings (SSSR count). The summed E-state index contributed by atoms with van der Waals surface area (Å²) in [5.74, 6) is -1.42. The van der Waals surface area contributed by atoms with Crippen LogP contribution in [0.5, 0.6) is 0 Å². The summed E-state index contributed by atoms with van der Waals surface area (Å²) < 4.78 is 0. The summed E-state index contributed by atoms with van der Waals surface area (Å²) in [6, 6.07) is -1.65. The highest BCUT2D eigenvalue weighted by Crippen LogP contribution is 1.95. The third kappa shape index (κ3) is 7.07. The maximum Gasteiger partial charge on any atom is 0.326 e. The number of carbonyl (C=O) groups excluding carboxylic acids is 2. The molecule has 0 aliphatic rings. The van der Waals surface area contributed by atoms with Gasteiger partial charge in [-0.15, -0.1) is 6.58 Å². The standard InChI is InChI=1S/C12H21N3O4/c1-4-6-9(11(17)18)14-12(19)15(3)8-10(16)13-7-5-2/h4,9H,1,5-8H2,2-3H3,(H,13,16)(H,14,19)(H,17,18). The van der Waals surface area contributed by atoms with E-state index in [9.17, 15) is 14.4 Å². The molecule has 0 aromatic carbocycles. The molecule has 0 fully saturated rings. The van der Waals surface area contributed by atoms with Crippen molar-refractivity contribution in [2.45, 2.75) is 25.8 Å². The Labute approximate surface area is 112 Å². The van der Waals surface area contributed by atoms with Crippen LogP contribution in [-0.4, -0.2) is 54.1 Å². The van der Waals surface area contributed by atoms with Gasteiger partial charge in [0.15, 0.2) is 0 Å². The van der Waals surface area contributed by atoms with Gasteiger partial charge in [-0.2, -0.15) is 0 Å². The summed E-state index contributed by atoms with van der Waals surface area (Å²) >= 11 is 0. The number of carboxylic acid groups (broad SMARTS) is 1. The van der Waals surface area contributed by atoms with Crippen molar-refractivity contribution in [3.63, 3.8) is 0 Å². The summed E-state index contributed by atoms with van der Waals surface area (Å²) in [5.41, 5.74) is 0. The smallest absolute Gasteiger partial charge is 0.326 e. The summed E-state index contributed by atoms with van der Waals surface area (Å²) in [6.45, 7) is 5.77. The first-order valence-electron chi connectivity index (χ1n) is 6.04. The molecule has 3 amide bonds. The van der Waals surface area contributed by atoms with E-state index in [0.717, 1.165) is 11.3 Å². The molecule has 0 aromatic heterocycles. The molecule has 7 heteroatoms. The maximum atomic E-state index is 11.7. The molecule has 3 N–H and O–H groups in total. The zero-order valence-corrected chi connectivity index (χ0v) is 11.3. The summed E-state index contributed by atoms with van der Waals surface area (Å²) in [5, 5.41) is 13.8. The van der Waals surface area contributed by atoms with Crippen molar-refractivity contribution in [2.24, 2.45) is 0 Å². The second kappa shape index (κ2) is 8.96. The van der Waals surface area contributed by atoms with Gasteiger partial charge in [-0.05, 0) is 12.8 Å². The number of amides is 3. The van der Waals surface area contributed by atoms with E-state index < -0.39 is 18.0 Å². The fraction of sp³-hybridized carbons (Fsp3) is 0.583. The number of nitrogens with one attached hydrogen (secondary N) is 2. The fourth-order valence-electron chi connectivity index (χ4n) is 1.25. The van der Waals surface area contributed by atoms with Crippen LogP contribution in [0.3, 0.4) is 0 Å². The van der Waals surface area contributed by atoms with Crippen LogP contribution >= 0.6 is 0 Å². The van der Waals surface area contributed by atoms with Gasteiger partial charge in [0.2, 0.25) is 5.91 Å². The van der Waals surface area contributed by atoms with Crippen molar-refractivity contribution < 1.29 is 19.5 Å². The van der Waals surface area contributed by atoms with Gasteiger partial charge in [-0.1, -0.05) is 13.0 Å². The fourth-order valence-corrected chi connectivity index (χ4v) is 1.25. The monoisotopic (exact) mass is 271 g/mol. The Morgan fingerprint density at radius 3 is 2.53 bits per heavy atom. The van der Waals surface area contributed by atoms with Crippen LogP contribution < -0.4 is 10.6 Å². The zero-order valence-electron chi connectivity index (χ0n) is 11.3. The highest BCUT2D eigenvalue weighted by molar-refractivity contribution is 5.86. The number of likely N-dealkylation sites (N-methyl/N-ethyl adjacent to an activating group) is 1.